The second-order valence-corrected chi connectivity index (χ2v) is 7.20. The SMILES string of the molecule is O=C(O)c1ccc(Br)cc1Cn1nc(C2CC2)n(C2CC2)c1=O. The summed E-state index contributed by atoms with van der Waals surface area (Å²) in [5.41, 5.74) is 0.663. The number of hydrogen-bond donors (Lipinski definition) is 1. The molecule has 0 radical (unpaired) electrons. The number of nitrogens with zero attached hydrogens (tertiary/aromatic N) is 3. The summed E-state index contributed by atoms with van der Waals surface area (Å²) in [7, 11) is 0. The molecule has 2 aliphatic rings. The minimum atomic E-state index is -0.996. The molecule has 23 heavy (non-hydrogen) atoms. The van der Waals surface area contributed by atoms with E-state index >= 15 is 0 Å². The molecule has 1 aromatic carbocycles. The number of aromatic nitrogens is 3. The lowest BCUT2D eigenvalue weighted by Crippen LogP contribution is -2.26. The van der Waals surface area contributed by atoms with Gasteiger partial charge in [-0.15, -0.1) is 0 Å². The van der Waals surface area contributed by atoms with Crippen LogP contribution in [0, 0.1) is 0 Å². The number of carbonyl (C=O) groups is 1. The Morgan fingerprint density at radius 3 is 2.65 bits per heavy atom. The molecular weight excluding hydrogens is 362 g/mol. The Morgan fingerprint density at radius 2 is 2.04 bits per heavy atom. The number of hydrogen-bond acceptors (Lipinski definition) is 3. The van der Waals surface area contributed by atoms with Gasteiger partial charge in [0.15, 0.2) is 0 Å². The van der Waals surface area contributed by atoms with Crippen LogP contribution in [0.1, 0.15) is 59.4 Å². The van der Waals surface area contributed by atoms with Crippen LogP contribution in [-0.4, -0.2) is 25.4 Å². The predicted molar refractivity (Wildman–Crippen MR) is 86.9 cm³/mol. The molecule has 2 fully saturated rings. The fourth-order valence-corrected chi connectivity index (χ4v) is 3.31. The normalized spacial score (nSPS) is 17.4. The zero-order valence-electron chi connectivity index (χ0n) is 12.4. The Kier molecular flexibility index (Phi) is 3.41. The van der Waals surface area contributed by atoms with Gasteiger partial charge in [0.05, 0.1) is 12.1 Å². The Bertz CT molecular complexity index is 847. The molecule has 1 heterocycles. The van der Waals surface area contributed by atoms with Crippen LogP contribution in [0.15, 0.2) is 27.5 Å². The average Bonchev–Trinajstić information content (AvgIpc) is 3.39. The Balaban J connectivity index is 1.75. The van der Waals surface area contributed by atoms with Crippen LogP contribution in [0.25, 0.3) is 0 Å². The molecule has 0 atom stereocenters. The first kappa shape index (κ1) is 14.7. The molecule has 2 aliphatic carbocycles. The maximum Gasteiger partial charge on any atom is 0.346 e. The summed E-state index contributed by atoms with van der Waals surface area (Å²) in [6, 6.07) is 5.26. The maximum atomic E-state index is 12.7. The van der Waals surface area contributed by atoms with Crippen molar-refractivity contribution in [2.45, 2.75) is 44.2 Å². The quantitative estimate of drug-likeness (QED) is 0.868. The molecule has 2 aromatic rings. The van der Waals surface area contributed by atoms with Crippen LogP contribution >= 0.6 is 15.9 Å². The highest BCUT2D eigenvalue weighted by Gasteiger charge is 2.36. The van der Waals surface area contributed by atoms with Gasteiger partial charge in [-0.2, -0.15) is 5.10 Å². The van der Waals surface area contributed by atoms with Gasteiger partial charge in [0.1, 0.15) is 5.82 Å². The zero-order chi connectivity index (χ0) is 16.1. The molecule has 6 nitrogen and oxygen atoms in total. The molecule has 2 saturated carbocycles. The number of rotatable bonds is 5. The topological polar surface area (TPSA) is 77.1 Å². The van der Waals surface area contributed by atoms with E-state index in [-0.39, 0.29) is 23.8 Å². The second kappa shape index (κ2) is 5.33. The third kappa shape index (κ3) is 2.73. The van der Waals surface area contributed by atoms with Crippen molar-refractivity contribution in [3.05, 3.63) is 50.1 Å². The first-order valence-corrected chi connectivity index (χ1v) is 8.55. The molecule has 0 unspecified atom stereocenters. The van der Waals surface area contributed by atoms with E-state index in [2.05, 4.69) is 21.0 Å². The van der Waals surface area contributed by atoms with Gasteiger partial charge in [0.25, 0.3) is 0 Å². The molecule has 4 rings (SSSR count). The van der Waals surface area contributed by atoms with Crippen molar-refractivity contribution in [3.8, 4) is 0 Å². The fraction of sp³-hybridized carbons (Fsp3) is 0.438. The first-order chi connectivity index (χ1) is 11.0. The van der Waals surface area contributed by atoms with Gasteiger partial charge >= 0.3 is 11.7 Å². The van der Waals surface area contributed by atoms with Gasteiger partial charge < -0.3 is 5.11 Å². The lowest BCUT2D eigenvalue weighted by atomic mass is 10.1. The predicted octanol–water partition coefficient (Wildman–Crippen LogP) is 2.77. The van der Waals surface area contributed by atoms with Gasteiger partial charge in [-0.05, 0) is 49.4 Å². The molecular formula is C16H16BrN3O3. The molecule has 1 N–H and O–H groups in total. The number of halogens is 1. The number of carboxylic acid groups (broad SMARTS) is 1. The molecule has 120 valence electrons. The molecule has 0 aliphatic heterocycles. The minimum absolute atomic E-state index is 0.120. The van der Waals surface area contributed by atoms with Crippen molar-refractivity contribution in [1.29, 1.82) is 0 Å². The van der Waals surface area contributed by atoms with Crippen LogP contribution in [0.5, 0.6) is 0 Å². The van der Waals surface area contributed by atoms with Gasteiger partial charge in [-0.25, -0.2) is 14.3 Å². The van der Waals surface area contributed by atoms with Gasteiger partial charge in [0.2, 0.25) is 0 Å². The third-order valence-electron chi connectivity index (χ3n) is 4.37. The van der Waals surface area contributed by atoms with Crippen molar-refractivity contribution >= 4 is 21.9 Å². The van der Waals surface area contributed by atoms with Crippen molar-refractivity contribution in [2.24, 2.45) is 0 Å². The van der Waals surface area contributed by atoms with Crippen LogP contribution in [0.2, 0.25) is 0 Å². The van der Waals surface area contributed by atoms with E-state index in [1.165, 1.54) is 4.68 Å². The monoisotopic (exact) mass is 377 g/mol. The smallest absolute Gasteiger partial charge is 0.346 e. The fourth-order valence-electron chi connectivity index (χ4n) is 2.90. The number of benzene rings is 1. The maximum absolute atomic E-state index is 12.7. The van der Waals surface area contributed by atoms with E-state index in [0.29, 0.717) is 11.5 Å². The zero-order valence-corrected chi connectivity index (χ0v) is 14.0. The summed E-state index contributed by atoms with van der Waals surface area (Å²) < 4.78 is 4.03. The highest BCUT2D eigenvalue weighted by Crippen LogP contribution is 2.43. The van der Waals surface area contributed by atoms with Gasteiger partial charge in [-0.1, -0.05) is 15.9 Å². The third-order valence-corrected chi connectivity index (χ3v) is 4.86. The summed E-state index contributed by atoms with van der Waals surface area (Å²) >= 11 is 3.36. The van der Waals surface area contributed by atoms with Crippen molar-refractivity contribution in [2.75, 3.05) is 0 Å². The lowest BCUT2D eigenvalue weighted by molar-refractivity contribution is 0.0695. The lowest BCUT2D eigenvalue weighted by Gasteiger charge is -2.06. The van der Waals surface area contributed by atoms with E-state index in [1.54, 1.807) is 18.2 Å². The summed E-state index contributed by atoms with van der Waals surface area (Å²) in [6.45, 7) is 0.180. The Labute approximate surface area is 140 Å². The molecule has 7 heteroatoms. The van der Waals surface area contributed by atoms with E-state index in [0.717, 1.165) is 36.0 Å². The molecule has 0 spiro atoms. The summed E-state index contributed by atoms with van der Waals surface area (Å²) in [5, 5.41) is 13.8. The minimum Gasteiger partial charge on any atom is -0.478 e. The first-order valence-electron chi connectivity index (χ1n) is 7.75. The summed E-state index contributed by atoms with van der Waals surface area (Å²) in [4.78, 5) is 24.1. The molecule has 0 saturated heterocycles. The summed E-state index contributed by atoms with van der Waals surface area (Å²) in [6.07, 6.45) is 4.23. The standard InChI is InChI=1S/C16H16BrN3O3/c17-11-3-6-13(15(21)22)10(7-11)8-19-16(23)20(12-4-5-12)14(18-19)9-1-2-9/h3,6-7,9,12H,1-2,4-5,8H2,(H,21,22). The molecule has 0 amide bonds. The molecule has 0 bridgehead atoms. The van der Waals surface area contributed by atoms with Crippen molar-refractivity contribution < 1.29 is 9.90 Å². The van der Waals surface area contributed by atoms with Crippen LogP contribution in [0.4, 0.5) is 0 Å². The van der Waals surface area contributed by atoms with Crippen LogP contribution in [-0.2, 0) is 6.54 Å². The number of aromatic carboxylic acids is 1. The van der Waals surface area contributed by atoms with E-state index in [9.17, 15) is 14.7 Å². The van der Waals surface area contributed by atoms with E-state index in [4.69, 9.17) is 0 Å². The van der Waals surface area contributed by atoms with Crippen molar-refractivity contribution in [1.82, 2.24) is 14.3 Å². The van der Waals surface area contributed by atoms with Crippen LogP contribution < -0.4 is 5.69 Å². The number of carboxylic acids is 1. The average molecular weight is 378 g/mol. The largest absolute Gasteiger partial charge is 0.478 e. The Morgan fingerprint density at radius 1 is 1.30 bits per heavy atom. The second-order valence-electron chi connectivity index (χ2n) is 6.28. The summed E-state index contributed by atoms with van der Waals surface area (Å²) in [5.74, 6) is 0.278. The van der Waals surface area contributed by atoms with E-state index in [1.807, 2.05) is 4.57 Å². The highest BCUT2D eigenvalue weighted by molar-refractivity contribution is 9.10. The van der Waals surface area contributed by atoms with E-state index < -0.39 is 5.97 Å². The van der Waals surface area contributed by atoms with Crippen LogP contribution in [0.3, 0.4) is 0 Å². The van der Waals surface area contributed by atoms with Gasteiger partial charge in [-0.3, -0.25) is 4.57 Å². The van der Waals surface area contributed by atoms with Crippen molar-refractivity contribution in [3.63, 3.8) is 0 Å². The molecule has 1 aromatic heterocycles. The Hall–Kier alpha value is -1.89. The van der Waals surface area contributed by atoms with Gasteiger partial charge in [0, 0.05) is 16.4 Å². The highest BCUT2D eigenvalue weighted by atomic mass is 79.9.